The first-order valence-electron chi connectivity index (χ1n) is 6.26. The van der Waals surface area contributed by atoms with Crippen molar-refractivity contribution < 1.29 is 0 Å². The summed E-state index contributed by atoms with van der Waals surface area (Å²) in [5.74, 6) is 0. The van der Waals surface area contributed by atoms with Gasteiger partial charge in [0.1, 0.15) is 0 Å². The molecule has 0 aromatic heterocycles. The van der Waals surface area contributed by atoms with Gasteiger partial charge < -0.3 is 5.32 Å². The fourth-order valence-corrected chi connectivity index (χ4v) is 3.68. The van der Waals surface area contributed by atoms with E-state index in [1.54, 1.807) is 0 Å². The van der Waals surface area contributed by atoms with E-state index in [-0.39, 0.29) is 0 Å². The maximum Gasteiger partial charge on any atom is 0.0248 e. The first-order chi connectivity index (χ1) is 7.79. The van der Waals surface area contributed by atoms with Crippen LogP contribution in [0.25, 0.3) is 0 Å². The van der Waals surface area contributed by atoms with Gasteiger partial charge in [-0.05, 0) is 38.4 Å². The largest absolute Gasteiger partial charge is 0.313 e. The van der Waals surface area contributed by atoms with E-state index >= 15 is 0 Å². The van der Waals surface area contributed by atoms with E-state index in [1.807, 2.05) is 11.8 Å². The third-order valence-corrected chi connectivity index (χ3v) is 4.64. The van der Waals surface area contributed by atoms with Gasteiger partial charge >= 0.3 is 0 Å². The van der Waals surface area contributed by atoms with Crippen molar-refractivity contribution >= 4 is 11.8 Å². The Balaban J connectivity index is 1.95. The lowest BCUT2D eigenvalue weighted by atomic mass is 10.2. The van der Waals surface area contributed by atoms with Gasteiger partial charge in [-0.25, -0.2) is 0 Å². The zero-order valence-electron chi connectivity index (χ0n) is 10.2. The summed E-state index contributed by atoms with van der Waals surface area (Å²) in [6.07, 6.45) is 4.08. The minimum atomic E-state index is 0.719. The lowest BCUT2D eigenvalue weighted by Gasteiger charge is -2.19. The second-order valence-electron chi connectivity index (χ2n) is 4.56. The molecule has 2 unspecified atom stereocenters. The molecule has 2 rings (SSSR count). The summed E-state index contributed by atoms with van der Waals surface area (Å²) in [4.78, 5) is 1.42. The van der Waals surface area contributed by atoms with Gasteiger partial charge in [-0.1, -0.05) is 31.0 Å². The topological polar surface area (TPSA) is 12.0 Å². The summed E-state index contributed by atoms with van der Waals surface area (Å²) in [5, 5.41) is 4.37. The van der Waals surface area contributed by atoms with E-state index < -0.39 is 0 Å². The van der Waals surface area contributed by atoms with Crippen molar-refractivity contribution in [3.63, 3.8) is 0 Å². The van der Waals surface area contributed by atoms with E-state index in [1.165, 1.54) is 29.7 Å². The highest BCUT2D eigenvalue weighted by Gasteiger charge is 2.26. The standard InChI is InChI=1S/C14H21NS/c1-3-15-13-5-4-6-14(13)16-12-9-7-11(2)8-10-12/h7-10,13-15H,3-6H2,1-2H3. The summed E-state index contributed by atoms with van der Waals surface area (Å²) in [7, 11) is 0. The van der Waals surface area contributed by atoms with Gasteiger partial charge in [0.2, 0.25) is 0 Å². The normalized spacial score (nSPS) is 24.9. The molecule has 0 bridgehead atoms. The molecule has 1 aliphatic carbocycles. The van der Waals surface area contributed by atoms with Crippen LogP contribution in [0.2, 0.25) is 0 Å². The van der Waals surface area contributed by atoms with Crippen molar-refractivity contribution in [3.8, 4) is 0 Å². The molecule has 16 heavy (non-hydrogen) atoms. The molecule has 1 N–H and O–H groups in total. The molecule has 1 fully saturated rings. The van der Waals surface area contributed by atoms with Crippen molar-refractivity contribution in [1.29, 1.82) is 0 Å². The van der Waals surface area contributed by atoms with Crippen molar-refractivity contribution in [2.45, 2.75) is 49.3 Å². The van der Waals surface area contributed by atoms with Crippen LogP contribution < -0.4 is 5.32 Å². The molecule has 1 aromatic carbocycles. The summed E-state index contributed by atoms with van der Waals surface area (Å²) in [6.45, 7) is 5.44. The Hall–Kier alpha value is -0.470. The van der Waals surface area contributed by atoms with Gasteiger partial charge in [0.05, 0.1) is 0 Å². The number of nitrogens with one attached hydrogen (secondary N) is 1. The Morgan fingerprint density at radius 3 is 2.69 bits per heavy atom. The van der Waals surface area contributed by atoms with E-state index in [4.69, 9.17) is 0 Å². The fourth-order valence-electron chi connectivity index (χ4n) is 2.35. The Bertz CT molecular complexity index is 320. The predicted molar refractivity (Wildman–Crippen MR) is 72.1 cm³/mol. The average Bonchev–Trinajstić information content (AvgIpc) is 2.70. The van der Waals surface area contributed by atoms with Gasteiger partial charge in [0.15, 0.2) is 0 Å². The van der Waals surface area contributed by atoms with E-state index in [2.05, 4.69) is 43.4 Å². The minimum Gasteiger partial charge on any atom is -0.313 e. The van der Waals surface area contributed by atoms with Gasteiger partial charge in [-0.2, -0.15) is 0 Å². The van der Waals surface area contributed by atoms with Crippen molar-refractivity contribution in [1.82, 2.24) is 5.32 Å². The van der Waals surface area contributed by atoms with Crippen molar-refractivity contribution in [3.05, 3.63) is 29.8 Å². The fraction of sp³-hybridized carbons (Fsp3) is 0.571. The molecule has 0 amide bonds. The molecule has 2 heteroatoms. The molecule has 1 saturated carbocycles. The minimum absolute atomic E-state index is 0.719. The zero-order valence-corrected chi connectivity index (χ0v) is 11.0. The Labute approximate surface area is 103 Å². The van der Waals surface area contributed by atoms with E-state index in [9.17, 15) is 0 Å². The zero-order chi connectivity index (χ0) is 11.4. The average molecular weight is 235 g/mol. The Kier molecular flexibility index (Phi) is 4.30. The monoisotopic (exact) mass is 235 g/mol. The van der Waals surface area contributed by atoms with Crippen LogP contribution in [0.5, 0.6) is 0 Å². The third-order valence-electron chi connectivity index (χ3n) is 3.23. The van der Waals surface area contributed by atoms with Crippen LogP contribution in [-0.2, 0) is 0 Å². The maximum absolute atomic E-state index is 3.61. The summed E-state index contributed by atoms with van der Waals surface area (Å²) in [6, 6.07) is 9.64. The molecule has 1 aliphatic rings. The number of hydrogen-bond acceptors (Lipinski definition) is 2. The van der Waals surface area contributed by atoms with Crippen LogP contribution in [-0.4, -0.2) is 17.8 Å². The smallest absolute Gasteiger partial charge is 0.0248 e. The van der Waals surface area contributed by atoms with Crippen LogP contribution in [0.15, 0.2) is 29.2 Å². The highest BCUT2D eigenvalue weighted by atomic mass is 32.2. The third kappa shape index (κ3) is 3.02. The molecular formula is C14H21NS. The molecular weight excluding hydrogens is 214 g/mol. The van der Waals surface area contributed by atoms with Crippen LogP contribution in [0, 0.1) is 6.92 Å². The summed E-state index contributed by atoms with van der Waals surface area (Å²) < 4.78 is 0. The van der Waals surface area contributed by atoms with Crippen LogP contribution in [0.3, 0.4) is 0 Å². The number of thioether (sulfide) groups is 1. The maximum atomic E-state index is 3.61. The molecule has 88 valence electrons. The van der Waals surface area contributed by atoms with Crippen LogP contribution in [0.1, 0.15) is 31.7 Å². The Morgan fingerprint density at radius 1 is 1.25 bits per heavy atom. The molecule has 0 spiro atoms. The van der Waals surface area contributed by atoms with Gasteiger partial charge in [-0.3, -0.25) is 0 Å². The van der Waals surface area contributed by atoms with Gasteiger partial charge in [0.25, 0.3) is 0 Å². The predicted octanol–water partition coefficient (Wildman–Crippen LogP) is 3.62. The van der Waals surface area contributed by atoms with Crippen LogP contribution in [0.4, 0.5) is 0 Å². The quantitative estimate of drug-likeness (QED) is 0.855. The molecule has 1 aromatic rings. The van der Waals surface area contributed by atoms with E-state index in [0.29, 0.717) is 0 Å². The number of hydrogen-bond donors (Lipinski definition) is 1. The highest BCUT2D eigenvalue weighted by Crippen LogP contribution is 2.35. The van der Waals surface area contributed by atoms with Gasteiger partial charge in [-0.15, -0.1) is 11.8 Å². The van der Waals surface area contributed by atoms with E-state index in [0.717, 1.165) is 17.8 Å². The molecule has 2 atom stereocenters. The first-order valence-corrected chi connectivity index (χ1v) is 7.14. The highest BCUT2D eigenvalue weighted by molar-refractivity contribution is 8.00. The lowest BCUT2D eigenvalue weighted by molar-refractivity contribution is 0.551. The van der Waals surface area contributed by atoms with Crippen LogP contribution >= 0.6 is 11.8 Å². The summed E-state index contributed by atoms with van der Waals surface area (Å²) in [5.41, 5.74) is 1.35. The number of aryl methyl sites for hydroxylation is 1. The van der Waals surface area contributed by atoms with Crippen molar-refractivity contribution in [2.75, 3.05) is 6.54 Å². The summed E-state index contributed by atoms with van der Waals surface area (Å²) >= 11 is 2.05. The molecule has 1 nitrogen and oxygen atoms in total. The molecule has 0 heterocycles. The number of rotatable bonds is 4. The second-order valence-corrected chi connectivity index (χ2v) is 5.88. The molecule has 0 radical (unpaired) electrons. The second kappa shape index (κ2) is 5.74. The molecule has 0 aliphatic heterocycles. The first kappa shape index (κ1) is 12.0. The molecule has 0 saturated heterocycles. The SMILES string of the molecule is CCNC1CCCC1Sc1ccc(C)cc1. The Morgan fingerprint density at radius 2 is 2.00 bits per heavy atom. The van der Waals surface area contributed by atoms with Crippen molar-refractivity contribution in [2.24, 2.45) is 0 Å². The number of benzene rings is 1. The van der Waals surface area contributed by atoms with Gasteiger partial charge in [0, 0.05) is 16.2 Å². The lowest BCUT2D eigenvalue weighted by Crippen LogP contribution is -2.33.